The average molecular weight is 230 g/mol. The van der Waals surface area contributed by atoms with Crippen LogP contribution in [0.4, 0.5) is 0 Å². The van der Waals surface area contributed by atoms with Crippen LogP contribution in [-0.4, -0.2) is 13.6 Å². The van der Waals surface area contributed by atoms with Gasteiger partial charge < -0.3 is 5.32 Å². The molecule has 0 aromatic carbocycles. The molecular weight excluding hydrogens is 214 g/mol. The molecule has 3 heteroatoms. The van der Waals surface area contributed by atoms with Crippen molar-refractivity contribution >= 4 is 22.9 Å². The van der Waals surface area contributed by atoms with Crippen LogP contribution in [0.25, 0.3) is 0 Å². The maximum absolute atomic E-state index is 6.18. The zero-order valence-corrected chi connectivity index (χ0v) is 10.00. The molecule has 1 saturated carbocycles. The second-order valence-electron chi connectivity index (χ2n) is 3.99. The third-order valence-electron chi connectivity index (χ3n) is 3.11. The van der Waals surface area contributed by atoms with Crippen molar-refractivity contribution in [3.63, 3.8) is 0 Å². The minimum atomic E-state index is 0.704. The lowest BCUT2D eigenvalue weighted by Crippen LogP contribution is -2.20. The Bertz CT molecular complexity index is 297. The first kappa shape index (κ1) is 10.5. The van der Waals surface area contributed by atoms with Gasteiger partial charge in [-0.1, -0.05) is 18.0 Å². The maximum atomic E-state index is 6.18. The molecule has 0 amide bonds. The molecule has 78 valence electrons. The van der Waals surface area contributed by atoms with Gasteiger partial charge in [0, 0.05) is 4.88 Å². The molecule has 1 aliphatic carbocycles. The molecule has 1 aliphatic rings. The first-order valence-corrected chi connectivity index (χ1v) is 6.46. The van der Waals surface area contributed by atoms with E-state index in [0.29, 0.717) is 5.92 Å². The van der Waals surface area contributed by atoms with Crippen molar-refractivity contribution in [2.45, 2.75) is 25.2 Å². The van der Waals surface area contributed by atoms with Crippen molar-refractivity contribution < 1.29 is 0 Å². The Kier molecular flexibility index (Phi) is 3.47. The van der Waals surface area contributed by atoms with Crippen molar-refractivity contribution in [2.75, 3.05) is 13.6 Å². The summed E-state index contributed by atoms with van der Waals surface area (Å²) in [5.41, 5.74) is 0. The highest BCUT2D eigenvalue weighted by atomic mass is 35.5. The summed E-state index contributed by atoms with van der Waals surface area (Å²) in [6.45, 7) is 1.12. The molecule has 1 fully saturated rings. The Morgan fingerprint density at radius 2 is 2.43 bits per heavy atom. The fourth-order valence-electron chi connectivity index (χ4n) is 2.46. The summed E-state index contributed by atoms with van der Waals surface area (Å²) in [4.78, 5) is 1.41. The van der Waals surface area contributed by atoms with Crippen molar-refractivity contribution in [1.29, 1.82) is 0 Å². The monoisotopic (exact) mass is 229 g/mol. The van der Waals surface area contributed by atoms with Gasteiger partial charge in [-0.05, 0) is 49.7 Å². The Morgan fingerprint density at radius 3 is 3.07 bits per heavy atom. The molecule has 0 bridgehead atoms. The molecule has 1 N–H and O–H groups in total. The van der Waals surface area contributed by atoms with E-state index < -0.39 is 0 Å². The van der Waals surface area contributed by atoms with Crippen molar-refractivity contribution in [1.82, 2.24) is 5.32 Å². The normalized spacial score (nSPS) is 27.0. The van der Waals surface area contributed by atoms with Crippen LogP contribution in [-0.2, 0) is 0 Å². The predicted molar refractivity (Wildman–Crippen MR) is 63.3 cm³/mol. The molecule has 14 heavy (non-hydrogen) atoms. The van der Waals surface area contributed by atoms with Gasteiger partial charge in [-0.15, -0.1) is 11.3 Å². The molecule has 1 aromatic rings. The van der Waals surface area contributed by atoms with Crippen LogP contribution >= 0.6 is 22.9 Å². The summed E-state index contributed by atoms with van der Waals surface area (Å²) in [5.74, 6) is 1.49. The molecule has 0 aliphatic heterocycles. The van der Waals surface area contributed by atoms with Gasteiger partial charge in [-0.25, -0.2) is 0 Å². The minimum Gasteiger partial charge on any atom is -0.319 e. The zero-order chi connectivity index (χ0) is 9.97. The highest BCUT2D eigenvalue weighted by Crippen LogP contribution is 2.44. The Hall–Kier alpha value is -0.0500. The van der Waals surface area contributed by atoms with E-state index in [1.165, 1.54) is 24.1 Å². The number of thiophene rings is 1. The van der Waals surface area contributed by atoms with E-state index in [4.69, 9.17) is 11.6 Å². The SMILES string of the molecule is CNCC1CCCC1c1sccc1Cl. The van der Waals surface area contributed by atoms with Crippen LogP contribution in [0.1, 0.15) is 30.1 Å². The van der Waals surface area contributed by atoms with Gasteiger partial charge in [0.1, 0.15) is 0 Å². The second kappa shape index (κ2) is 4.65. The van der Waals surface area contributed by atoms with E-state index in [2.05, 4.69) is 10.7 Å². The van der Waals surface area contributed by atoms with Crippen LogP contribution in [0.3, 0.4) is 0 Å². The lowest BCUT2D eigenvalue weighted by Gasteiger charge is -2.18. The number of rotatable bonds is 3. The van der Waals surface area contributed by atoms with Crippen LogP contribution in [0.2, 0.25) is 5.02 Å². The Labute approximate surface area is 94.5 Å². The number of hydrogen-bond acceptors (Lipinski definition) is 2. The van der Waals surface area contributed by atoms with E-state index in [9.17, 15) is 0 Å². The zero-order valence-electron chi connectivity index (χ0n) is 8.42. The predicted octanol–water partition coefficient (Wildman–Crippen LogP) is 3.50. The molecule has 1 nitrogen and oxygen atoms in total. The lowest BCUT2D eigenvalue weighted by atomic mass is 9.94. The van der Waals surface area contributed by atoms with Gasteiger partial charge in [0.15, 0.2) is 0 Å². The first-order valence-electron chi connectivity index (χ1n) is 5.20. The number of nitrogens with one attached hydrogen (secondary N) is 1. The highest BCUT2D eigenvalue weighted by Gasteiger charge is 2.29. The largest absolute Gasteiger partial charge is 0.319 e. The van der Waals surface area contributed by atoms with Gasteiger partial charge in [0.2, 0.25) is 0 Å². The lowest BCUT2D eigenvalue weighted by molar-refractivity contribution is 0.467. The molecule has 2 rings (SSSR count). The van der Waals surface area contributed by atoms with E-state index >= 15 is 0 Å². The van der Waals surface area contributed by atoms with Gasteiger partial charge in [-0.2, -0.15) is 0 Å². The van der Waals surface area contributed by atoms with Gasteiger partial charge >= 0.3 is 0 Å². The van der Waals surface area contributed by atoms with Crippen LogP contribution in [0.15, 0.2) is 11.4 Å². The summed E-state index contributed by atoms with van der Waals surface area (Å²) in [7, 11) is 2.03. The van der Waals surface area contributed by atoms with Crippen molar-refractivity contribution in [2.24, 2.45) is 5.92 Å². The molecule has 1 aromatic heterocycles. The molecule has 1 heterocycles. The number of hydrogen-bond donors (Lipinski definition) is 1. The van der Waals surface area contributed by atoms with E-state index in [1.54, 1.807) is 0 Å². The van der Waals surface area contributed by atoms with Crippen LogP contribution in [0.5, 0.6) is 0 Å². The molecule has 2 atom stereocenters. The third kappa shape index (κ3) is 1.97. The summed E-state index contributed by atoms with van der Waals surface area (Å²) < 4.78 is 0. The standard InChI is InChI=1S/C11H16ClNS/c1-13-7-8-3-2-4-9(8)11-10(12)5-6-14-11/h5-6,8-9,13H,2-4,7H2,1H3. The van der Waals surface area contributed by atoms with Crippen LogP contribution in [0, 0.1) is 5.92 Å². The molecule has 2 unspecified atom stereocenters. The van der Waals surface area contributed by atoms with Gasteiger partial charge in [0.25, 0.3) is 0 Å². The minimum absolute atomic E-state index is 0.704. The maximum Gasteiger partial charge on any atom is 0.0547 e. The number of halogens is 1. The average Bonchev–Trinajstić information content (AvgIpc) is 2.74. The van der Waals surface area contributed by atoms with Gasteiger partial charge in [-0.3, -0.25) is 0 Å². The quantitative estimate of drug-likeness (QED) is 0.837. The summed E-state index contributed by atoms with van der Waals surface area (Å²) >= 11 is 7.99. The highest BCUT2D eigenvalue weighted by molar-refractivity contribution is 7.10. The smallest absolute Gasteiger partial charge is 0.0547 e. The Balaban J connectivity index is 2.13. The molecule has 0 saturated heterocycles. The van der Waals surface area contributed by atoms with E-state index in [0.717, 1.165) is 17.5 Å². The topological polar surface area (TPSA) is 12.0 Å². The van der Waals surface area contributed by atoms with Gasteiger partial charge in [0.05, 0.1) is 5.02 Å². The fourth-order valence-corrected chi connectivity index (χ4v) is 3.89. The fraction of sp³-hybridized carbons (Fsp3) is 0.636. The molecule has 0 radical (unpaired) electrons. The molecule has 0 spiro atoms. The Morgan fingerprint density at radius 1 is 1.57 bits per heavy atom. The van der Waals surface area contributed by atoms with E-state index in [1.807, 2.05) is 24.5 Å². The second-order valence-corrected chi connectivity index (χ2v) is 5.34. The summed E-state index contributed by atoms with van der Waals surface area (Å²) in [5, 5.41) is 6.36. The summed E-state index contributed by atoms with van der Waals surface area (Å²) in [6, 6.07) is 2.02. The summed E-state index contributed by atoms with van der Waals surface area (Å²) in [6.07, 6.45) is 4.01. The molecular formula is C11H16ClNS. The first-order chi connectivity index (χ1) is 6.83. The van der Waals surface area contributed by atoms with Crippen molar-refractivity contribution in [3.05, 3.63) is 21.3 Å². The third-order valence-corrected chi connectivity index (χ3v) is 4.60. The van der Waals surface area contributed by atoms with Crippen LogP contribution < -0.4 is 5.32 Å². The van der Waals surface area contributed by atoms with Crippen molar-refractivity contribution in [3.8, 4) is 0 Å². The van der Waals surface area contributed by atoms with E-state index in [-0.39, 0.29) is 0 Å².